The smallest absolute Gasteiger partial charge is 0.184 e. The highest BCUT2D eigenvalue weighted by Gasteiger charge is 2.16. The molecule has 0 atom stereocenters. The summed E-state index contributed by atoms with van der Waals surface area (Å²) in [7, 11) is 3.18. The molecule has 4 heteroatoms. The van der Waals surface area contributed by atoms with Gasteiger partial charge in [-0.2, -0.15) is 0 Å². The van der Waals surface area contributed by atoms with E-state index in [2.05, 4.69) is 6.92 Å². The van der Waals surface area contributed by atoms with E-state index in [1.54, 1.807) is 20.3 Å². The van der Waals surface area contributed by atoms with E-state index in [0.29, 0.717) is 22.9 Å². The molecule has 16 heavy (non-hydrogen) atoms. The first-order valence-corrected chi connectivity index (χ1v) is 5.44. The van der Waals surface area contributed by atoms with Gasteiger partial charge in [-0.05, 0) is 18.9 Å². The van der Waals surface area contributed by atoms with Gasteiger partial charge in [0.15, 0.2) is 11.5 Å². The van der Waals surface area contributed by atoms with Crippen LogP contribution in [0.4, 0.5) is 11.4 Å². The van der Waals surface area contributed by atoms with Crippen molar-refractivity contribution in [1.29, 1.82) is 0 Å². The number of nitrogens with two attached hydrogens (primary N) is 2. The molecule has 4 nitrogen and oxygen atoms in total. The second-order valence-corrected chi connectivity index (χ2v) is 3.70. The summed E-state index contributed by atoms with van der Waals surface area (Å²) in [6.45, 7) is 2.14. The fourth-order valence-corrected chi connectivity index (χ4v) is 1.76. The van der Waals surface area contributed by atoms with Crippen molar-refractivity contribution in [1.82, 2.24) is 0 Å². The van der Waals surface area contributed by atoms with E-state index < -0.39 is 0 Å². The lowest BCUT2D eigenvalue weighted by atomic mass is 10.0. The van der Waals surface area contributed by atoms with Crippen LogP contribution in [-0.2, 0) is 6.42 Å². The molecule has 1 aromatic carbocycles. The van der Waals surface area contributed by atoms with Crippen molar-refractivity contribution < 1.29 is 9.47 Å². The van der Waals surface area contributed by atoms with Crippen molar-refractivity contribution in [2.75, 3.05) is 25.7 Å². The summed E-state index contributed by atoms with van der Waals surface area (Å²) in [5.74, 6) is 1.23. The Morgan fingerprint density at radius 2 is 1.69 bits per heavy atom. The number of anilines is 2. The Kier molecular flexibility index (Phi) is 4.28. The quantitative estimate of drug-likeness (QED) is 0.752. The van der Waals surface area contributed by atoms with Crippen molar-refractivity contribution in [3.63, 3.8) is 0 Å². The van der Waals surface area contributed by atoms with Gasteiger partial charge in [-0.15, -0.1) is 0 Å². The molecule has 0 radical (unpaired) electrons. The normalized spacial score (nSPS) is 10.2. The predicted molar refractivity (Wildman–Crippen MR) is 67.0 cm³/mol. The molecule has 0 fully saturated rings. The number of unbranched alkanes of at least 4 members (excludes halogenated alkanes) is 1. The van der Waals surface area contributed by atoms with Gasteiger partial charge < -0.3 is 20.9 Å². The zero-order valence-corrected chi connectivity index (χ0v) is 10.2. The number of benzene rings is 1. The van der Waals surface area contributed by atoms with Gasteiger partial charge in [-0.1, -0.05) is 13.3 Å². The third-order valence-corrected chi connectivity index (χ3v) is 2.59. The molecule has 0 bridgehead atoms. The van der Waals surface area contributed by atoms with E-state index in [9.17, 15) is 0 Å². The van der Waals surface area contributed by atoms with E-state index in [0.717, 1.165) is 24.8 Å². The molecule has 1 rings (SSSR count). The molecule has 0 saturated heterocycles. The SMILES string of the molecule is CCCCc1c(N)cc(N)c(OC)c1OC. The molecule has 0 aliphatic rings. The minimum Gasteiger partial charge on any atom is -0.492 e. The first-order chi connectivity index (χ1) is 7.65. The third-order valence-electron chi connectivity index (χ3n) is 2.59. The molecule has 90 valence electrons. The van der Waals surface area contributed by atoms with Gasteiger partial charge in [0, 0.05) is 11.3 Å². The van der Waals surface area contributed by atoms with Crippen LogP contribution in [0.2, 0.25) is 0 Å². The number of hydrogen-bond acceptors (Lipinski definition) is 4. The highest BCUT2D eigenvalue weighted by molar-refractivity contribution is 5.72. The Morgan fingerprint density at radius 3 is 2.19 bits per heavy atom. The summed E-state index contributed by atoms with van der Waals surface area (Å²) in [4.78, 5) is 0. The first kappa shape index (κ1) is 12.5. The maximum Gasteiger partial charge on any atom is 0.184 e. The van der Waals surface area contributed by atoms with Crippen molar-refractivity contribution in [2.24, 2.45) is 0 Å². The van der Waals surface area contributed by atoms with Gasteiger partial charge in [0.05, 0.1) is 19.9 Å². The molecular weight excluding hydrogens is 204 g/mol. The highest BCUT2D eigenvalue weighted by Crippen LogP contribution is 2.40. The Balaban J connectivity index is 3.22. The largest absolute Gasteiger partial charge is 0.492 e. The summed E-state index contributed by atoms with van der Waals surface area (Å²) in [6, 6.07) is 1.73. The van der Waals surface area contributed by atoms with Crippen molar-refractivity contribution in [2.45, 2.75) is 26.2 Å². The van der Waals surface area contributed by atoms with Gasteiger partial charge in [-0.3, -0.25) is 0 Å². The average Bonchev–Trinajstić information content (AvgIpc) is 2.27. The lowest BCUT2D eigenvalue weighted by Crippen LogP contribution is -2.04. The number of rotatable bonds is 5. The van der Waals surface area contributed by atoms with Crippen LogP contribution in [0.25, 0.3) is 0 Å². The minimum absolute atomic E-state index is 0.511. The van der Waals surface area contributed by atoms with Gasteiger partial charge in [0.1, 0.15) is 0 Å². The molecule has 0 unspecified atom stereocenters. The Labute approximate surface area is 96.5 Å². The van der Waals surface area contributed by atoms with E-state index >= 15 is 0 Å². The second kappa shape index (κ2) is 5.49. The Morgan fingerprint density at radius 1 is 1.06 bits per heavy atom. The van der Waals surface area contributed by atoms with Crippen LogP contribution >= 0.6 is 0 Å². The van der Waals surface area contributed by atoms with Crippen LogP contribution < -0.4 is 20.9 Å². The van der Waals surface area contributed by atoms with Crippen LogP contribution in [0, 0.1) is 0 Å². The fourth-order valence-electron chi connectivity index (χ4n) is 1.76. The van der Waals surface area contributed by atoms with Gasteiger partial charge in [-0.25, -0.2) is 0 Å². The number of hydrogen-bond donors (Lipinski definition) is 2. The molecule has 0 aromatic heterocycles. The number of ether oxygens (including phenoxy) is 2. The summed E-state index contributed by atoms with van der Waals surface area (Å²) >= 11 is 0. The molecule has 0 aliphatic carbocycles. The third kappa shape index (κ3) is 2.32. The van der Waals surface area contributed by atoms with Gasteiger partial charge >= 0.3 is 0 Å². The van der Waals surface area contributed by atoms with E-state index in [4.69, 9.17) is 20.9 Å². The second-order valence-electron chi connectivity index (χ2n) is 3.70. The first-order valence-electron chi connectivity index (χ1n) is 5.44. The molecule has 0 saturated carbocycles. The zero-order valence-electron chi connectivity index (χ0n) is 10.2. The minimum atomic E-state index is 0.511. The van der Waals surface area contributed by atoms with Crippen LogP contribution in [0.15, 0.2) is 6.07 Å². The molecule has 0 heterocycles. The average molecular weight is 224 g/mol. The van der Waals surface area contributed by atoms with Gasteiger partial charge in [0.2, 0.25) is 0 Å². The summed E-state index contributed by atoms with van der Waals surface area (Å²) in [6.07, 6.45) is 3.05. The fraction of sp³-hybridized carbons (Fsp3) is 0.500. The van der Waals surface area contributed by atoms with Crippen LogP contribution in [0.5, 0.6) is 11.5 Å². The monoisotopic (exact) mass is 224 g/mol. The molecule has 0 spiro atoms. The lowest BCUT2D eigenvalue weighted by molar-refractivity contribution is 0.353. The van der Waals surface area contributed by atoms with Crippen LogP contribution in [0.3, 0.4) is 0 Å². The highest BCUT2D eigenvalue weighted by atomic mass is 16.5. The summed E-state index contributed by atoms with van der Waals surface area (Å²) < 4.78 is 10.6. The lowest BCUT2D eigenvalue weighted by Gasteiger charge is -2.16. The summed E-state index contributed by atoms with van der Waals surface area (Å²) in [5.41, 5.74) is 13.9. The maximum atomic E-state index is 5.95. The number of nitrogen functional groups attached to an aromatic ring is 2. The van der Waals surface area contributed by atoms with Crippen LogP contribution in [0.1, 0.15) is 25.3 Å². The van der Waals surface area contributed by atoms with Crippen molar-refractivity contribution in [3.8, 4) is 11.5 Å². The van der Waals surface area contributed by atoms with E-state index in [-0.39, 0.29) is 0 Å². The summed E-state index contributed by atoms with van der Waals surface area (Å²) in [5, 5.41) is 0. The Bertz CT molecular complexity index is 365. The van der Waals surface area contributed by atoms with E-state index in [1.165, 1.54) is 0 Å². The predicted octanol–water partition coefficient (Wildman–Crippen LogP) is 2.21. The number of methoxy groups -OCH3 is 2. The molecule has 1 aromatic rings. The van der Waals surface area contributed by atoms with Crippen molar-refractivity contribution >= 4 is 11.4 Å². The van der Waals surface area contributed by atoms with Crippen LogP contribution in [-0.4, -0.2) is 14.2 Å². The zero-order chi connectivity index (χ0) is 12.1. The standard InChI is InChI=1S/C12H20N2O2/c1-4-5-6-8-9(13)7-10(14)12(16-3)11(8)15-2/h7H,4-6,13-14H2,1-3H3. The molecule has 0 amide bonds. The van der Waals surface area contributed by atoms with Gasteiger partial charge in [0.25, 0.3) is 0 Å². The molecule has 0 aliphatic heterocycles. The Hall–Kier alpha value is -1.58. The molecule has 4 N–H and O–H groups in total. The topological polar surface area (TPSA) is 70.5 Å². The van der Waals surface area contributed by atoms with Crippen molar-refractivity contribution in [3.05, 3.63) is 11.6 Å². The molecular formula is C12H20N2O2. The van der Waals surface area contributed by atoms with E-state index in [1.807, 2.05) is 0 Å². The maximum absolute atomic E-state index is 5.95.